The predicted molar refractivity (Wildman–Crippen MR) is 107 cm³/mol. The van der Waals surface area contributed by atoms with Gasteiger partial charge in [-0.25, -0.2) is 4.68 Å². The molecule has 6 nitrogen and oxygen atoms in total. The van der Waals surface area contributed by atoms with Gasteiger partial charge in [0.05, 0.1) is 17.6 Å². The minimum Gasteiger partial charge on any atom is -0.353 e. The Bertz CT molecular complexity index is 977. The highest BCUT2D eigenvalue weighted by molar-refractivity contribution is 7.10. The summed E-state index contributed by atoms with van der Waals surface area (Å²) in [6, 6.07) is 11.6. The number of fused-ring (bicyclic) bond motifs is 1. The summed E-state index contributed by atoms with van der Waals surface area (Å²) in [6.07, 6.45) is 4.03. The van der Waals surface area contributed by atoms with Crippen molar-refractivity contribution >= 4 is 28.0 Å². The third-order valence-corrected chi connectivity index (χ3v) is 5.97. The number of carbonyl (C=O) groups is 1. The number of nitrogens with zero attached hydrogens (tertiary/aromatic N) is 3. The van der Waals surface area contributed by atoms with Crippen LogP contribution in [0, 0.1) is 0 Å². The zero-order valence-corrected chi connectivity index (χ0v) is 15.8. The van der Waals surface area contributed by atoms with Crippen molar-refractivity contribution in [2.24, 2.45) is 0 Å². The summed E-state index contributed by atoms with van der Waals surface area (Å²) >= 11 is 1.72. The van der Waals surface area contributed by atoms with E-state index in [0.29, 0.717) is 11.9 Å². The minimum absolute atomic E-state index is 0.0686. The fraction of sp³-hybridized carbons (Fsp3) is 0.350. The van der Waals surface area contributed by atoms with Crippen LogP contribution in [0.15, 0.2) is 52.8 Å². The highest BCUT2D eigenvalue weighted by atomic mass is 32.1. The molecular formula is C20H22N4O2S. The number of rotatable bonds is 6. The first-order valence-corrected chi connectivity index (χ1v) is 10.1. The van der Waals surface area contributed by atoms with Gasteiger partial charge in [0.15, 0.2) is 0 Å². The van der Waals surface area contributed by atoms with Crippen LogP contribution >= 0.6 is 11.3 Å². The van der Waals surface area contributed by atoms with Crippen LogP contribution in [0.1, 0.15) is 23.8 Å². The number of nitrogens with one attached hydrogen (secondary N) is 1. The van der Waals surface area contributed by atoms with Crippen molar-refractivity contribution in [2.75, 3.05) is 19.6 Å². The van der Waals surface area contributed by atoms with Gasteiger partial charge in [-0.15, -0.1) is 11.3 Å². The molecule has 0 saturated carbocycles. The molecule has 0 radical (unpaired) electrons. The Morgan fingerprint density at radius 2 is 2.00 bits per heavy atom. The molecule has 1 aromatic carbocycles. The maximum absolute atomic E-state index is 12.5. The number of aromatic nitrogens is 2. The summed E-state index contributed by atoms with van der Waals surface area (Å²) < 4.78 is 1.23. The molecule has 27 heavy (non-hydrogen) atoms. The molecule has 140 valence electrons. The van der Waals surface area contributed by atoms with Gasteiger partial charge in [0, 0.05) is 16.8 Å². The van der Waals surface area contributed by atoms with Gasteiger partial charge in [0.1, 0.15) is 6.54 Å². The van der Waals surface area contributed by atoms with E-state index in [-0.39, 0.29) is 24.1 Å². The second kappa shape index (κ2) is 8.02. The van der Waals surface area contributed by atoms with Crippen LogP contribution in [-0.4, -0.2) is 40.2 Å². The number of hydrogen-bond donors (Lipinski definition) is 1. The van der Waals surface area contributed by atoms with Gasteiger partial charge < -0.3 is 5.32 Å². The minimum atomic E-state index is -0.238. The second-order valence-electron chi connectivity index (χ2n) is 6.77. The van der Waals surface area contributed by atoms with E-state index in [9.17, 15) is 9.59 Å². The highest BCUT2D eigenvalue weighted by Crippen LogP contribution is 2.27. The van der Waals surface area contributed by atoms with E-state index in [1.165, 1.54) is 22.4 Å². The monoisotopic (exact) mass is 382 g/mol. The van der Waals surface area contributed by atoms with Gasteiger partial charge in [-0.2, -0.15) is 5.10 Å². The third-order valence-electron chi connectivity index (χ3n) is 5.00. The molecule has 3 aromatic rings. The highest BCUT2D eigenvalue weighted by Gasteiger charge is 2.24. The van der Waals surface area contributed by atoms with E-state index in [4.69, 9.17) is 0 Å². The number of likely N-dealkylation sites (tertiary alicyclic amines) is 1. The lowest BCUT2D eigenvalue weighted by molar-refractivity contribution is -0.122. The molecule has 0 spiro atoms. The van der Waals surface area contributed by atoms with Crippen LogP contribution in [0.4, 0.5) is 0 Å². The van der Waals surface area contributed by atoms with Crippen molar-refractivity contribution in [3.63, 3.8) is 0 Å². The summed E-state index contributed by atoms with van der Waals surface area (Å²) in [5.41, 5.74) is -0.238. The lowest BCUT2D eigenvalue weighted by Crippen LogP contribution is -2.39. The van der Waals surface area contributed by atoms with Crippen molar-refractivity contribution in [3.8, 4) is 0 Å². The largest absolute Gasteiger partial charge is 0.353 e. The number of benzene rings is 1. The zero-order valence-electron chi connectivity index (χ0n) is 15.0. The van der Waals surface area contributed by atoms with Gasteiger partial charge in [-0.1, -0.05) is 24.3 Å². The van der Waals surface area contributed by atoms with E-state index in [0.717, 1.165) is 18.5 Å². The van der Waals surface area contributed by atoms with Crippen molar-refractivity contribution in [1.29, 1.82) is 0 Å². The Morgan fingerprint density at radius 3 is 2.78 bits per heavy atom. The molecule has 1 fully saturated rings. The molecule has 1 unspecified atom stereocenters. The van der Waals surface area contributed by atoms with Crippen LogP contribution in [0.5, 0.6) is 0 Å². The fourth-order valence-electron chi connectivity index (χ4n) is 3.59. The standard InChI is InChI=1S/C20H22N4O2S/c25-19(14-24-20(26)16-7-2-1-6-15(16)12-22-24)21-13-17(18-8-5-11-27-18)23-9-3-4-10-23/h1-2,5-8,11-12,17H,3-4,9-10,13-14H2,(H,21,25). The van der Waals surface area contributed by atoms with E-state index in [2.05, 4.69) is 26.8 Å². The summed E-state index contributed by atoms with van der Waals surface area (Å²) in [7, 11) is 0. The number of thiophene rings is 1. The lowest BCUT2D eigenvalue weighted by atomic mass is 10.2. The topological polar surface area (TPSA) is 67.2 Å². The van der Waals surface area contributed by atoms with Crippen LogP contribution in [0.3, 0.4) is 0 Å². The number of hydrogen-bond acceptors (Lipinski definition) is 5. The molecule has 1 N–H and O–H groups in total. The SMILES string of the molecule is O=C(Cn1ncc2ccccc2c1=O)NCC(c1cccs1)N1CCCC1. The van der Waals surface area contributed by atoms with Gasteiger partial charge >= 0.3 is 0 Å². The molecule has 1 amide bonds. The van der Waals surface area contributed by atoms with Crippen LogP contribution < -0.4 is 10.9 Å². The average molecular weight is 382 g/mol. The van der Waals surface area contributed by atoms with Crippen LogP contribution in [-0.2, 0) is 11.3 Å². The van der Waals surface area contributed by atoms with E-state index < -0.39 is 0 Å². The first kappa shape index (κ1) is 17.9. The van der Waals surface area contributed by atoms with Gasteiger partial charge in [-0.3, -0.25) is 14.5 Å². The van der Waals surface area contributed by atoms with Gasteiger partial charge in [0.2, 0.25) is 5.91 Å². The smallest absolute Gasteiger partial charge is 0.275 e. The van der Waals surface area contributed by atoms with Gasteiger partial charge in [-0.05, 0) is 43.4 Å². The molecule has 1 aliphatic rings. The average Bonchev–Trinajstić information content (AvgIpc) is 3.39. The molecule has 2 aromatic heterocycles. The maximum Gasteiger partial charge on any atom is 0.275 e. The second-order valence-corrected chi connectivity index (χ2v) is 7.75. The molecule has 1 atom stereocenters. The molecule has 4 rings (SSSR count). The van der Waals surface area contributed by atoms with Crippen molar-refractivity contribution in [1.82, 2.24) is 20.0 Å². The first-order valence-electron chi connectivity index (χ1n) is 9.21. The fourth-order valence-corrected chi connectivity index (χ4v) is 4.45. The zero-order chi connectivity index (χ0) is 18.6. The van der Waals surface area contributed by atoms with Gasteiger partial charge in [0.25, 0.3) is 5.56 Å². The number of amides is 1. The van der Waals surface area contributed by atoms with E-state index in [1.54, 1.807) is 23.6 Å². The summed E-state index contributed by atoms with van der Waals surface area (Å²) in [6.45, 7) is 2.59. The van der Waals surface area contributed by atoms with E-state index in [1.807, 2.05) is 24.3 Å². The Hall–Kier alpha value is -2.51. The summed E-state index contributed by atoms with van der Waals surface area (Å²) in [4.78, 5) is 28.7. The lowest BCUT2D eigenvalue weighted by Gasteiger charge is -2.26. The first-order chi connectivity index (χ1) is 13.2. The predicted octanol–water partition coefficient (Wildman–Crippen LogP) is 2.41. The molecule has 0 bridgehead atoms. The Balaban J connectivity index is 1.44. The summed E-state index contributed by atoms with van der Waals surface area (Å²) in [5, 5.41) is 10.6. The quantitative estimate of drug-likeness (QED) is 0.711. The number of carbonyl (C=O) groups excluding carboxylic acids is 1. The normalized spacial score (nSPS) is 15.9. The van der Waals surface area contributed by atoms with Crippen LogP contribution in [0.2, 0.25) is 0 Å². The van der Waals surface area contributed by atoms with Crippen molar-refractivity contribution in [2.45, 2.75) is 25.4 Å². The van der Waals surface area contributed by atoms with Crippen LogP contribution in [0.25, 0.3) is 10.8 Å². The Labute approximate surface area is 161 Å². The molecular weight excluding hydrogens is 360 g/mol. The van der Waals surface area contributed by atoms with E-state index >= 15 is 0 Å². The van der Waals surface area contributed by atoms with Crippen molar-refractivity contribution in [3.05, 3.63) is 63.2 Å². The maximum atomic E-state index is 12.5. The van der Waals surface area contributed by atoms with Crippen molar-refractivity contribution < 1.29 is 4.79 Å². The molecule has 7 heteroatoms. The summed E-state index contributed by atoms with van der Waals surface area (Å²) in [5.74, 6) is -0.194. The molecule has 1 aliphatic heterocycles. The Morgan fingerprint density at radius 1 is 1.19 bits per heavy atom. The molecule has 0 aliphatic carbocycles. The third kappa shape index (κ3) is 3.94. The Kier molecular flexibility index (Phi) is 5.31. The molecule has 1 saturated heterocycles. The molecule has 3 heterocycles.